The molecule has 0 aromatic rings. The molecule has 68 valence electrons. The van der Waals surface area contributed by atoms with Crippen LogP contribution in [-0.2, 0) is 9.59 Å². The molecule has 0 saturated heterocycles. The van der Waals surface area contributed by atoms with Crippen molar-refractivity contribution in [1.29, 1.82) is 0 Å². The van der Waals surface area contributed by atoms with Crippen molar-refractivity contribution in [2.45, 2.75) is 20.8 Å². The number of likely N-dealkylation sites (N-methyl/N-ethyl adjacent to an activating group) is 1. The first-order valence-corrected chi connectivity index (χ1v) is 3.66. The molecule has 0 saturated carbocycles. The van der Waals surface area contributed by atoms with Crippen LogP contribution in [0, 0.1) is 0 Å². The van der Waals surface area contributed by atoms with Gasteiger partial charge in [0.15, 0.2) is 0 Å². The van der Waals surface area contributed by atoms with Crippen LogP contribution in [0.2, 0.25) is 0 Å². The van der Waals surface area contributed by atoms with Gasteiger partial charge in [0.05, 0.1) is 0 Å². The summed E-state index contributed by atoms with van der Waals surface area (Å²) in [6, 6.07) is 0. The van der Waals surface area contributed by atoms with Crippen molar-refractivity contribution < 1.29 is 9.59 Å². The Kier molecular flexibility index (Phi) is 4.04. The number of hydrogen-bond donors (Lipinski definition) is 2. The Morgan fingerprint density at radius 2 is 1.58 bits per heavy atom. The summed E-state index contributed by atoms with van der Waals surface area (Å²) in [5, 5.41) is 5.01. The molecular formula is C8H14N2O2. The molecule has 2 amide bonds. The van der Waals surface area contributed by atoms with Crippen molar-refractivity contribution in [3.63, 3.8) is 0 Å². The van der Waals surface area contributed by atoms with Crippen LogP contribution in [0.15, 0.2) is 11.3 Å². The van der Waals surface area contributed by atoms with Crippen molar-refractivity contribution in [3.8, 4) is 0 Å². The highest BCUT2D eigenvalue weighted by atomic mass is 16.2. The van der Waals surface area contributed by atoms with E-state index in [0.717, 1.165) is 0 Å². The molecule has 0 spiro atoms. The van der Waals surface area contributed by atoms with Crippen LogP contribution in [0.25, 0.3) is 0 Å². The number of allylic oxidation sites excluding steroid dienone is 1. The minimum absolute atomic E-state index is 0.171. The number of hydrogen-bond acceptors (Lipinski definition) is 2. The Morgan fingerprint density at radius 1 is 1.08 bits per heavy atom. The molecule has 0 aromatic heterocycles. The molecular weight excluding hydrogens is 156 g/mol. The fourth-order valence-corrected chi connectivity index (χ4v) is 0.716. The molecule has 0 aliphatic rings. The molecule has 0 rings (SSSR count). The molecule has 12 heavy (non-hydrogen) atoms. The summed E-state index contributed by atoms with van der Waals surface area (Å²) in [6.45, 7) is 4.75. The van der Waals surface area contributed by atoms with Crippen LogP contribution in [0.4, 0.5) is 0 Å². The molecule has 2 N–H and O–H groups in total. The van der Waals surface area contributed by atoms with Gasteiger partial charge in [-0.05, 0) is 13.8 Å². The van der Waals surface area contributed by atoms with Gasteiger partial charge in [0.2, 0.25) is 11.8 Å². The fourth-order valence-electron chi connectivity index (χ4n) is 0.716. The number of carbonyl (C=O) groups is 2. The third-order valence-electron chi connectivity index (χ3n) is 1.49. The van der Waals surface area contributed by atoms with Crippen LogP contribution in [0.1, 0.15) is 20.8 Å². The van der Waals surface area contributed by atoms with Crippen LogP contribution in [0.3, 0.4) is 0 Å². The van der Waals surface area contributed by atoms with E-state index in [-0.39, 0.29) is 11.8 Å². The minimum Gasteiger partial charge on any atom is -0.355 e. The van der Waals surface area contributed by atoms with Gasteiger partial charge in [0, 0.05) is 25.2 Å². The number of rotatable bonds is 2. The number of carbonyl (C=O) groups excluding carboxylic acids is 2. The molecule has 0 heterocycles. The highest BCUT2D eigenvalue weighted by Crippen LogP contribution is 1.98. The Hall–Kier alpha value is -1.32. The second-order valence-electron chi connectivity index (χ2n) is 2.51. The summed E-state index contributed by atoms with van der Waals surface area (Å²) in [4.78, 5) is 21.6. The first kappa shape index (κ1) is 10.7. The maximum absolute atomic E-state index is 11.0. The first-order chi connectivity index (χ1) is 5.49. The quantitative estimate of drug-likeness (QED) is 0.580. The minimum atomic E-state index is -0.179. The monoisotopic (exact) mass is 170 g/mol. The maximum Gasteiger partial charge on any atom is 0.248 e. The van der Waals surface area contributed by atoms with Crippen LogP contribution < -0.4 is 10.6 Å². The Bertz CT molecular complexity index is 231. The third-order valence-corrected chi connectivity index (χ3v) is 1.49. The zero-order valence-corrected chi connectivity index (χ0v) is 7.82. The van der Waals surface area contributed by atoms with Gasteiger partial charge in [-0.25, -0.2) is 0 Å². The van der Waals surface area contributed by atoms with Gasteiger partial charge >= 0.3 is 0 Å². The lowest BCUT2D eigenvalue weighted by molar-refractivity contribution is -0.118. The van der Waals surface area contributed by atoms with Gasteiger partial charge in [-0.1, -0.05) is 0 Å². The molecule has 0 bridgehead atoms. The van der Waals surface area contributed by atoms with Gasteiger partial charge in [0.1, 0.15) is 0 Å². The van der Waals surface area contributed by atoms with E-state index in [9.17, 15) is 9.59 Å². The molecule has 0 atom stereocenters. The van der Waals surface area contributed by atoms with E-state index >= 15 is 0 Å². The molecule has 0 aliphatic carbocycles. The van der Waals surface area contributed by atoms with E-state index in [2.05, 4.69) is 10.6 Å². The van der Waals surface area contributed by atoms with E-state index in [1.54, 1.807) is 20.9 Å². The molecule has 0 unspecified atom stereocenters. The molecule has 4 nitrogen and oxygen atoms in total. The van der Waals surface area contributed by atoms with Crippen LogP contribution in [-0.4, -0.2) is 18.9 Å². The van der Waals surface area contributed by atoms with E-state index in [1.807, 2.05) is 0 Å². The zero-order valence-electron chi connectivity index (χ0n) is 7.82. The van der Waals surface area contributed by atoms with Gasteiger partial charge < -0.3 is 10.6 Å². The van der Waals surface area contributed by atoms with Crippen molar-refractivity contribution in [1.82, 2.24) is 10.6 Å². The molecule has 4 heteroatoms. The summed E-state index contributed by atoms with van der Waals surface area (Å²) >= 11 is 0. The number of nitrogens with one attached hydrogen (secondary N) is 2. The third kappa shape index (κ3) is 3.18. The largest absolute Gasteiger partial charge is 0.355 e. The van der Waals surface area contributed by atoms with Crippen LogP contribution in [0.5, 0.6) is 0 Å². The Morgan fingerprint density at radius 3 is 1.92 bits per heavy atom. The molecule has 0 fully saturated rings. The predicted octanol–water partition coefficient (Wildman–Crippen LogP) is 0.162. The second kappa shape index (κ2) is 4.54. The standard InChI is InChI=1S/C8H14N2O2/c1-5(8(12)9-4)6(2)10-7(3)11/h1-4H3,(H,9,12)(H,10,11)/b6-5+. The fraction of sp³-hybridized carbons (Fsp3) is 0.500. The molecule has 0 aliphatic heterocycles. The van der Waals surface area contributed by atoms with Gasteiger partial charge in [-0.15, -0.1) is 0 Å². The normalized spacial score (nSPS) is 11.7. The Labute approximate surface area is 72.0 Å². The second-order valence-corrected chi connectivity index (χ2v) is 2.51. The lowest BCUT2D eigenvalue weighted by atomic mass is 10.2. The van der Waals surface area contributed by atoms with Crippen molar-refractivity contribution in [2.75, 3.05) is 7.05 Å². The van der Waals surface area contributed by atoms with Gasteiger partial charge in [-0.2, -0.15) is 0 Å². The van der Waals surface area contributed by atoms with Crippen molar-refractivity contribution in [2.24, 2.45) is 0 Å². The first-order valence-electron chi connectivity index (χ1n) is 3.66. The smallest absolute Gasteiger partial charge is 0.248 e. The summed E-state index contributed by atoms with van der Waals surface area (Å²) < 4.78 is 0. The van der Waals surface area contributed by atoms with Crippen molar-refractivity contribution in [3.05, 3.63) is 11.3 Å². The van der Waals surface area contributed by atoms with Crippen LogP contribution >= 0.6 is 0 Å². The summed E-state index contributed by atoms with van der Waals surface area (Å²) in [6.07, 6.45) is 0. The summed E-state index contributed by atoms with van der Waals surface area (Å²) in [5.41, 5.74) is 1.11. The average molecular weight is 170 g/mol. The summed E-state index contributed by atoms with van der Waals surface area (Å²) in [5.74, 6) is -0.350. The maximum atomic E-state index is 11.0. The Balaban J connectivity index is 4.46. The lowest BCUT2D eigenvalue weighted by Gasteiger charge is -2.06. The molecule has 0 radical (unpaired) electrons. The molecule has 0 aromatic carbocycles. The lowest BCUT2D eigenvalue weighted by Crippen LogP contribution is -2.25. The summed E-state index contributed by atoms with van der Waals surface area (Å²) in [7, 11) is 1.55. The van der Waals surface area contributed by atoms with Gasteiger partial charge in [-0.3, -0.25) is 9.59 Å². The topological polar surface area (TPSA) is 58.2 Å². The van der Waals surface area contributed by atoms with E-state index in [1.165, 1.54) is 6.92 Å². The zero-order chi connectivity index (χ0) is 9.72. The highest BCUT2D eigenvalue weighted by molar-refractivity contribution is 5.93. The van der Waals surface area contributed by atoms with Gasteiger partial charge in [0.25, 0.3) is 0 Å². The van der Waals surface area contributed by atoms with Crippen molar-refractivity contribution >= 4 is 11.8 Å². The average Bonchev–Trinajstić information content (AvgIpc) is 2.00. The van der Waals surface area contributed by atoms with E-state index in [0.29, 0.717) is 11.3 Å². The highest BCUT2D eigenvalue weighted by Gasteiger charge is 2.05. The number of amides is 2. The predicted molar refractivity (Wildman–Crippen MR) is 46.3 cm³/mol. The van der Waals surface area contributed by atoms with E-state index in [4.69, 9.17) is 0 Å². The van der Waals surface area contributed by atoms with E-state index < -0.39 is 0 Å². The SMILES string of the molecule is CNC(=O)/C(C)=C(\C)NC(C)=O.